The maximum absolute atomic E-state index is 10.7. The number of nitrogens with zero attached hydrogens (tertiary/aromatic N) is 1. The summed E-state index contributed by atoms with van der Waals surface area (Å²) in [6.45, 7) is 0.158. The molecule has 1 rings (SSSR count). The molecule has 1 aromatic rings. The summed E-state index contributed by atoms with van der Waals surface area (Å²) in [6.07, 6.45) is 1.56. The van der Waals surface area contributed by atoms with E-state index in [-0.39, 0.29) is 17.3 Å². The third-order valence-electron chi connectivity index (χ3n) is 1.75. The highest BCUT2D eigenvalue weighted by molar-refractivity contribution is 7.89. The Kier molecular flexibility index (Phi) is 4.16. The third-order valence-corrected chi connectivity index (χ3v) is 2.75. The molecule has 0 radical (unpaired) electrons. The van der Waals surface area contributed by atoms with Crippen LogP contribution in [0, 0.1) is 0 Å². The SMILES string of the molecule is NC(=S)c1cccnc1NCCS(N)(=O)=O. The fourth-order valence-corrected chi connectivity index (χ4v) is 1.61. The van der Waals surface area contributed by atoms with Gasteiger partial charge < -0.3 is 11.1 Å². The van der Waals surface area contributed by atoms with Gasteiger partial charge in [-0.25, -0.2) is 18.5 Å². The summed E-state index contributed by atoms with van der Waals surface area (Å²) in [4.78, 5) is 4.21. The highest BCUT2D eigenvalue weighted by Crippen LogP contribution is 2.10. The molecule has 5 N–H and O–H groups in total. The van der Waals surface area contributed by atoms with E-state index in [0.29, 0.717) is 11.4 Å². The summed E-state index contributed by atoms with van der Waals surface area (Å²) in [6, 6.07) is 3.40. The van der Waals surface area contributed by atoms with E-state index < -0.39 is 10.0 Å². The first-order valence-electron chi connectivity index (χ1n) is 4.39. The maximum atomic E-state index is 10.7. The van der Waals surface area contributed by atoms with Crippen LogP contribution in [0.25, 0.3) is 0 Å². The number of pyridine rings is 1. The Balaban J connectivity index is 2.71. The molecule has 0 aromatic carbocycles. The molecule has 0 saturated carbocycles. The van der Waals surface area contributed by atoms with E-state index in [1.807, 2.05) is 0 Å². The lowest BCUT2D eigenvalue weighted by Gasteiger charge is -2.08. The number of aromatic nitrogens is 1. The average molecular weight is 260 g/mol. The molecule has 0 atom stereocenters. The monoisotopic (exact) mass is 260 g/mol. The second-order valence-electron chi connectivity index (χ2n) is 3.06. The summed E-state index contributed by atoms with van der Waals surface area (Å²) in [5, 5.41) is 7.67. The molecule has 0 saturated heterocycles. The Hall–Kier alpha value is -1.25. The van der Waals surface area contributed by atoms with Crippen molar-refractivity contribution in [2.45, 2.75) is 0 Å². The number of nitrogens with one attached hydrogen (secondary N) is 1. The van der Waals surface area contributed by atoms with Crippen LogP contribution in [0.1, 0.15) is 5.56 Å². The molecule has 16 heavy (non-hydrogen) atoms. The summed E-state index contributed by atoms with van der Waals surface area (Å²) in [5.74, 6) is 0.277. The van der Waals surface area contributed by atoms with Crippen molar-refractivity contribution >= 4 is 33.0 Å². The molecule has 0 aliphatic rings. The van der Waals surface area contributed by atoms with Crippen LogP contribution in [0.2, 0.25) is 0 Å². The molecule has 0 bridgehead atoms. The van der Waals surface area contributed by atoms with Crippen LogP contribution in [0.3, 0.4) is 0 Å². The van der Waals surface area contributed by atoms with Crippen molar-refractivity contribution in [3.05, 3.63) is 23.9 Å². The molecule has 0 fully saturated rings. The van der Waals surface area contributed by atoms with Gasteiger partial charge in [-0.3, -0.25) is 0 Å². The molecule has 0 aliphatic heterocycles. The zero-order valence-corrected chi connectivity index (χ0v) is 10.0. The van der Waals surface area contributed by atoms with E-state index in [2.05, 4.69) is 10.3 Å². The summed E-state index contributed by atoms with van der Waals surface area (Å²) >= 11 is 4.83. The topological polar surface area (TPSA) is 111 Å². The fourth-order valence-electron chi connectivity index (χ4n) is 1.06. The molecule has 0 unspecified atom stereocenters. The minimum absolute atomic E-state index is 0.158. The molecule has 6 nitrogen and oxygen atoms in total. The van der Waals surface area contributed by atoms with E-state index in [1.165, 1.54) is 0 Å². The van der Waals surface area contributed by atoms with Crippen LogP contribution in [0.5, 0.6) is 0 Å². The molecule has 1 aromatic heterocycles. The van der Waals surface area contributed by atoms with E-state index in [0.717, 1.165) is 0 Å². The first kappa shape index (κ1) is 12.8. The summed E-state index contributed by atoms with van der Waals surface area (Å²) in [5.41, 5.74) is 6.06. The molecule has 0 amide bonds. The minimum Gasteiger partial charge on any atom is -0.389 e. The van der Waals surface area contributed by atoms with Gasteiger partial charge in [-0.1, -0.05) is 12.2 Å². The van der Waals surface area contributed by atoms with E-state index in [1.54, 1.807) is 18.3 Å². The number of hydrogen-bond acceptors (Lipinski definition) is 5. The Labute approximate surface area is 99.1 Å². The van der Waals surface area contributed by atoms with Crippen LogP contribution in [0.15, 0.2) is 18.3 Å². The van der Waals surface area contributed by atoms with Gasteiger partial charge in [0.1, 0.15) is 10.8 Å². The Morgan fingerprint density at radius 3 is 2.81 bits per heavy atom. The molecular formula is C8H12N4O2S2. The van der Waals surface area contributed by atoms with Crippen molar-refractivity contribution in [1.82, 2.24) is 4.98 Å². The smallest absolute Gasteiger partial charge is 0.210 e. The lowest BCUT2D eigenvalue weighted by molar-refractivity contribution is 0.598. The first-order chi connectivity index (χ1) is 7.40. The number of anilines is 1. The number of sulfonamides is 1. The van der Waals surface area contributed by atoms with Crippen molar-refractivity contribution in [2.24, 2.45) is 10.9 Å². The highest BCUT2D eigenvalue weighted by atomic mass is 32.2. The number of thiocarbonyl (C=S) groups is 1. The lowest BCUT2D eigenvalue weighted by atomic mass is 10.2. The molecule has 1 heterocycles. The molecule has 88 valence electrons. The van der Waals surface area contributed by atoms with Crippen LogP contribution in [0.4, 0.5) is 5.82 Å². The third kappa shape index (κ3) is 4.09. The van der Waals surface area contributed by atoms with Crippen LogP contribution < -0.4 is 16.2 Å². The lowest BCUT2D eigenvalue weighted by Crippen LogP contribution is -2.23. The van der Waals surface area contributed by atoms with E-state index in [9.17, 15) is 8.42 Å². The van der Waals surface area contributed by atoms with Crippen LogP contribution in [-0.2, 0) is 10.0 Å². The van der Waals surface area contributed by atoms with Crippen molar-refractivity contribution in [3.8, 4) is 0 Å². The standard InChI is InChI=1S/C8H12N4O2S2/c9-7(15)6-2-1-3-11-8(6)12-4-5-16(10,13)14/h1-3H,4-5H2,(H2,9,15)(H,11,12)(H2,10,13,14). The predicted octanol–water partition coefficient (Wildman–Crippen LogP) is -0.584. The Morgan fingerprint density at radius 1 is 1.56 bits per heavy atom. The molecule has 0 spiro atoms. The van der Waals surface area contributed by atoms with Gasteiger partial charge in [0.05, 0.1) is 11.3 Å². The largest absolute Gasteiger partial charge is 0.389 e. The van der Waals surface area contributed by atoms with Gasteiger partial charge in [0.15, 0.2) is 0 Å². The number of nitrogens with two attached hydrogens (primary N) is 2. The Bertz CT molecular complexity index is 487. The molecule has 0 aliphatic carbocycles. The maximum Gasteiger partial charge on any atom is 0.210 e. The van der Waals surface area contributed by atoms with Gasteiger partial charge in [0.2, 0.25) is 10.0 Å². The molecular weight excluding hydrogens is 248 g/mol. The van der Waals surface area contributed by atoms with Crippen molar-refractivity contribution in [1.29, 1.82) is 0 Å². The molecule has 8 heteroatoms. The fraction of sp³-hybridized carbons (Fsp3) is 0.250. The second-order valence-corrected chi connectivity index (χ2v) is 5.23. The Morgan fingerprint density at radius 2 is 2.25 bits per heavy atom. The average Bonchev–Trinajstić information content (AvgIpc) is 2.16. The second kappa shape index (κ2) is 5.19. The number of primary sulfonamides is 1. The van der Waals surface area contributed by atoms with E-state index in [4.69, 9.17) is 23.1 Å². The predicted molar refractivity (Wildman–Crippen MR) is 66.6 cm³/mol. The van der Waals surface area contributed by atoms with Gasteiger partial charge in [-0.2, -0.15) is 0 Å². The van der Waals surface area contributed by atoms with Gasteiger partial charge in [-0.05, 0) is 12.1 Å². The van der Waals surface area contributed by atoms with Gasteiger partial charge in [0.25, 0.3) is 0 Å². The zero-order valence-electron chi connectivity index (χ0n) is 8.38. The van der Waals surface area contributed by atoms with Crippen LogP contribution >= 0.6 is 12.2 Å². The van der Waals surface area contributed by atoms with E-state index >= 15 is 0 Å². The van der Waals surface area contributed by atoms with Gasteiger partial charge in [-0.15, -0.1) is 0 Å². The van der Waals surface area contributed by atoms with Gasteiger partial charge in [0, 0.05) is 12.7 Å². The summed E-state index contributed by atoms with van der Waals surface area (Å²) in [7, 11) is -3.48. The van der Waals surface area contributed by atoms with Gasteiger partial charge >= 0.3 is 0 Å². The first-order valence-corrected chi connectivity index (χ1v) is 6.51. The number of hydrogen-bond donors (Lipinski definition) is 3. The van der Waals surface area contributed by atoms with Crippen LogP contribution in [-0.4, -0.2) is 30.7 Å². The van der Waals surface area contributed by atoms with Crippen molar-refractivity contribution in [2.75, 3.05) is 17.6 Å². The number of rotatable bonds is 5. The minimum atomic E-state index is -3.48. The highest BCUT2D eigenvalue weighted by Gasteiger charge is 2.07. The quantitative estimate of drug-likeness (QED) is 0.611. The zero-order chi connectivity index (χ0) is 12.2. The summed E-state index contributed by atoms with van der Waals surface area (Å²) < 4.78 is 21.4. The normalized spacial score (nSPS) is 11.1. The van der Waals surface area contributed by atoms with Crippen molar-refractivity contribution < 1.29 is 8.42 Å². The van der Waals surface area contributed by atoms with Crippen molar-refractivity contribution in [3.63, 3.8) is 0 Å².